The van der Waals surface area contributed by atoms with Crippen molar-refractivity contribution < 1.29 is 33.8 Å². The molecular weight excluding hydrogens is 272 g/mol. The Morgan fingerprint density at radius 2 is 1.12 bits per heavy atom. The molecule has 0 unspecified atom stereocenters. The van der Waals surface area contributed by atoms with Crippen LogP contribution in [0, 0.1) is 5.41 Å². The Labute approximate surface area is 99.2 Å². The highest BCUT2D eigenvalue weighted by Crippen LogP contribution is 2.75. The molecule has 0 spiro atoms. The van der Waals surface area contributed by atoms with Crippen LogP contribution in [0.1, 0.15) is 27.7 Å². The predicted molar refractivity (Wildman–Crippen MR) is 61.1 cm³/mol. The third kappa shape index (κ3) is 2.50. The lowest BCUT2D eigenvalue weighted by Crippen LogP contribution is -2.59. The molecule has 0 saturated heterocycles. The van der Waals surface area contributed by atoms with Gasteiger partial charge in [-0.2, -0.15) is 0 Å². The number of rotatable bonds is 4. The highest BCUT2D eigenvalue weighted by molar-refractivity contribution is 7.72. The summed E-state index contributed by atoms with van der Waals surface area (Å²) in [4.78, 5) is 36.3. The van der Waals surface area contributed by atoms with Crippen molar-refractivity contribution in [2.75, 3.05) is 0 Å². The molecule has 10 heteroatoms. The van der Waals surface area contributed by atoms with E-state index in [1.807, 2.05) is 0 Å². The van der Waals surface area contributed by atoms with Gasteiger partial charge in [0, 0.05) is 11.0 Å². The number of aliphatic hydroxyl groups is 1. The van der Waals surface area contributed by atoms with Crippen molar-refractivity contribution in [2.24, 2.45) is 11.1 Å². The van der Waals surface area contributed by atoms with Gasteiger partial charge in [-0.15, -0.1) is 0 Å². The van der Waals surface area contributed by atoms with E-state index in [1.54, 1.807) is 0 Å². The molecule has 0 bridgehead atoms. The molecule has 0 atom stereocenters. The van der Waals surface area contributed by atoms with Crippen LogP contribution in [0.3, 0.4) is 0 Å². The quantitative estimate of drug-likeness (QED) is 0.386. The highest BCUT2D eigenvalue weighted by atomic mass is 31.2. The van der Waals surface area contributed by atoms with E-state index < -0.39 is 31.2 Å². The van der Waals surface area contributed by atoms with E-state index in [9.17, 15) is 14.2 Å². The van der Waals surface area contributed by atoms with E-state index in [2.05, 4.69) is 0 Å². The minimum atomic E-state index is -5.51. The van der Waals surface area contributed by atoms with Gasteiger partial charge in [0.05, 0.1) is 0 Å². The third-order valence-corrected chi connectivity index (χ3v) is 7.57. The van der Waals surface area contributed by atoms with E-state index in [-0.39, 0.29) is 0 Å². The molecule has 0 aromatic carbocycles. The second-order valence-electron chi connectivity index (χ2n) is 5.07. The zero-order valence-corrected chi connectivity index (χ0v) is 11.8. The lowest BCUT2D eigenvalue weighted by Gasteiger charge is -2.49. The van der Waals surface area contributed by atoms with Gasteiger partial charge in [0.25, 0.3) is 5.08 Å². The largest absolute Gasteiger partial charge is 0.370 e. The molecule has 0 aliphatic carbocycles. The van der Waals surface area contributed by atoms with E-state index >= 15 is 0 Å². The summed E-state index contributed by atoms with van der Waals surface area (Å²) in [6, 6.07) is 0. The maximum absolute atomic E-state index is 11.3. The standard InChI is InChI=1S/C7H19NO7P2/c1-5(2,6(3,4)8)7(9,16(10,11)12)17(13,14)15/h9H,8H2,1-4H3,(H2,10,11,12)(H2,13,14,15). The molecule has 0 aliphatic heterocycles. The number of hydrogen-bond acceptors (Lipinski definition) is 4. The Morgan fingerprint density at radius 3 is 1.18 bits per heavy atom. The Hall–Kier alpha value is 0.220. The molecule has 0 aliphatic rings. The smallest absolute Gasteiger partial charge is 0.367 e. The Morgan fingerprint density at radius 1 is 0.882 bits per heavy atom. The fourth-order valence-electron chi connectivity index (χ4n) is 1.33. The van der Waals surface area contributed by atoms with Gasteiger partial charge in [-0.05, 0) is 13.8 Å². The summed E-state index contributed by atoms with van der Waals surface area (Å²) in [5, 5.41) is 6.41. The molecule has 0 aromatic heterocycles. The van der Waals surface area contributed by atoms with Gasteiger partial charge < -0.3 is 30.4 Å². The third-order valence-electron chi connectivity index (χ3n) is 3.26. The molecule has 0 radical (unpaired) electrons. The molecule has 17 heavy (non-hydrogen) atoms. The first-order chi connectivity index (χ1) is 7.00. The second kappa shape index (κ2) is 4.11. The maximum Gasteiger partial charge on any atom is 0.370 e. The van der Waals surface area contributed by atoms with Crippen molar-refractivity contribution in [3.05, 3.63) is 0 Å². The molecule has 0 aromatic rings. The van der Waals surface area contributed by atoms with Crippen LogP contribution in [0.25, 0.3) is 0 Å². The number of nitrogens with two attached hydrogens (primary N) is 1. The van der Waals surface area contributed by atoms with Crippen molar-refractivity contribution in [1.29, 1.82) is 0 Å². The summed E-state index contributed by atoms with van der Waals surface area (Å²) in [6.07, 6.45) is 0. The van der Waals surface area contributed by atoms with Gasteiger partial charge in [-0.3, -0.25) is 9.13 Å². The Kier molecular flexibility index (Phi) is 4.17. The maximum atomic E-state index is 11.3. The van der Waals surface area contributed by atoms with Crippen LogP contribution in [0.5, 0.6) is 0 Å². The van der Waals surface area contributed by atoms with Crippen LogP contribution in [-0.4, -0.2) is 35.3 Å². The lowest BCUT2D eigenvalue weighted by molar-refractivity contribution is -0.00894. The first-order valence-corrected chi connectivity index (χ1v) is 7.85. The van der Waals surface area contributed by atoms with Crippen molar-refractivity contribution >= 4 is 15.2 Å². The molecule has 0 rings (SSSR count). The van der Waals surface area contributed by atoms with Crippen LogP contribution in [0.2, 0.25) is 0 Å². The zero-order valence-electron chi connectivity index (χ0n) is 10.0. The monoisotopic (exact) mass is 291 g/mol. The topological polar surface area (TPSA) is 161 Å². The van der Waals surface area contributed by atoms with Crippen LogP contribution in [0.15, 0.2) is 0 Å². The van der Waals surface area contributed by atoms with Gasteiger partial charge in [0.15, 0.2) is 0 Å². The summed E-state index contributed by atoms with van der Waals surface area (Å²) in [5.41, 5.74) is 2.27. The van der Waals surface area contributed by atoms with Crippen LogP contribution >= 0.6 is 15.2 Å². The van der Waals surface area contributed by atoms with E-state index in [0.29, 0.717) is 0 Å². The lowest BCUT2D eigenvalue weighted by atomic mass is 9.75. The minimum Gasteiger partial charge on any atom is -0.367 e. The van der Waals surface area contributed by atoms with Crippen LogP contribution < -0.4 is 5.73 Å². The second-order valence-corrected chi connectivity index (χ2v) is 8.89. The van der Waals surface area contributed by atoms with E-state index in [0.717, 1.165) is 13.8 Å². The van der Waals surface area contributed by atoms with Gasteiger partial charge in [0.2, 0.25) is 0 Å². The van der Waals surface area contributed by atoms with Crippen molar-refractivity contribution in [3.63, 3.8) is 0 Å². The van der Waals surface area contributed by atoms with Gasteiger partial charge >= 0.3 is 15.2 Å². The van der Waals surface area contributed by atoms with Gasteiger partial charge in [-0.1, -0.05) is 13.8 Å². The molecule has 8 nitrogen and oxygen atoms in total. The molecule has 0 amide bonds. The molecule has 7 N–H and O–H groups in total. The number of hydrogen-bond donors (Lipinski definition) is 6. The van der Waals surface area contributed by atoms with Crippen LogP contribution in [-0.2, 0) is 9.13 Å². The first-order valence-electron chi connectivity index (χ1n) is 4.62. The molecule has 0 heterocycles. The van der Waals surface area contributed by atoms with Crippen molar-refractivity contribution in [1.82, 2.24) is 0 Å². The molecule has 0 fully saturated rings. The SMILES string of the molecule is CC(C)(N)C(C)(C)C(O)(P(=O)(O)O)P(=O)(O)O. The summed E-state index contributed by atoms with van der Waals surface area (Å²) in [6.45, 7) is 4.79. The van der Waals surface area contributed by atoms with E-state index in [4.69, 9.17) is 25.3 Å². The van der Waals surface area contributed by atoms with Gasteiger partial charge in [-0.25, -0.2) is 0 Å². The molecule has 104 valence electrons. The highest BCUT2D eigenvalue weighted by Gasteiger charge is 2.70. The van der Waals surface area contributed by atoms with Crippen molar-refractivity contribution in [3.8, 4) is 0 Å². The zero-order chi connectivity index (χ0) is 14.5. The predicted octanol–water partition coefficient (Wildman–Crippen LogP) is -0.249. The average Bonchev–Trinajstić information content (AvgIpc) is 1.95. The van der Waals surface area contributed by atoms with Crippen LogP contribution in [0.4, 0.5) is 0 Å². The van der Waals surface area contributed by atoms with Gasteiger partial charge in [0.1, 0.15) is 0 Å². The average molecular weight is 291 g/mol. The minimum absolute atomic E-state index is 1.09. The Balaban J connectivity index is 6.24. The molecule has 0 saturated carbocycles. The fraction of sp³-hybridized carbons (Fsp3) is 1.00. The van der Waals surface area contributed by atoms with Crippen molar-refractivity contribution in [2.45, 2.75) is 38.3 Å². The fourth-order valence-corrected chi connectivity index (χ4v) is 4.72. The summed E-state index contributed by atoms with van der Waals surface area (Å²) >= 11 is 0. The summed E-state index contributed by atoms with van der Waals surface area (Å²) in [7, 11) is -11.0. The van der Waals surface area contributed by atoms with E-state index in [1.165, 1.54) is 13.8 Å². The Bertz CT molecular complexity index is 366. The summed E-state index contributed by atoms with van der Waals surface area (Å²) in [5.74, 6) is 0. The molecular formula is C7H19NO7P2. The first kappa shape index (κ1) is 17.2. The summed E-state index contributed by atoms with van der Waals surface area (Å²) < 4.78 is 22.6. The normalized spacial score (nSPS) is 16.1.